The number of rotatable bonds is 9. The third-order valence-corrected chi connectivity index (χ3v) is 21.1. The molecule has 20 aromatic carbocycles. The van der Waals surface area contributed by atoms with E-state index >= 15 is 0 Å². The van der Waals surface area contributed by atoms with Crippen molar-refractivity contribution in [2.75, 3.05) is 0 Å². The van der Waals surface area contributed by atoms with Crippen LogP contribution in [-0.2, 0) is 0 Å². The molecule has 0 N–H and O–H groups in total. The molecule has 0 amide bonds. The van der Waals surface area contributed by atoms with Crippen molar-refractivity contribution >= 4 is 97.0 Å². The summed E-state index contributed by atoms with van der Waals surface area (Å²) in [7, 11) is 0. The van der Waals surface area contributed by atoms with Gasteiger partial charge in [0.25, 0.3) is 0 Å². The van der Waals surface area contributed by atoms with Crippen molar-refractivity contribution in [3.8, 4) is 100 Å². The van der Waals surface area contributed by atoms with Crippen LogP contribution in [0.1, 0.15) is 0 Å². The molecule has 0 heterocycles. The minimum atomic E-state index is 1.21. The normalized spacial score (nSPS) is 11.5. The maximum Gasteiger partial charge on any atom is -0.00139 e. The third-order valence-electron chi connectivity index (χ3n) is 21.1. The molecule has 0 saturated heterocycles. The van der Waals surface area contributed by atoms with E-state index in [-0.39, 0.29) is 0 Å². The number of hydrogen-bond acceptors (Lipinski definition) is 0. The Kier molecular flexibility index (Phi) is 15.0. The molecule has 0 fully saturated rings. The molecular formula is C102H66. The van der Waals surface area contributed by atoms with Crippen molar-refractivity contribution in [2.45, 2.75) is 0 Å². The largest absolute Gasteiger partial charge is 0.0622 e. The van der Waals surface area contributed by atoms with Crippen molar-refractivity contribution < 1.29 is 0 Å². The minimum Gasteiger partial charge on any atom is -0.0622 e. The van der Waals surface area contributed by atoms with Crippen molar-refractivity contribution in [1.29, 1.82) is 0 Å². The Morgan fingerprint density at radius 1 is 0.0882 bits per heavy atom. The lowest BCUT2D eigenvalue weighted by atomic mass is 9.80. The first-order chi connectivity index (χ1) is 50.7. The Morgan fingerprint density at radius 3 is 0.627 bits per heavy atom. The van der Waals surface area contributed by atoms with E-state index in [9.17, 15) is 0 Å². The first-order valence-corrected chi connectivity index (χ1v) is 35.4. The summed E-state index contributed by atoms with van der Waals surface area (Å²) in [5, 5.41) is 23.0. The second-order valence-electron chi connectivity index (χ2n) is 26.7. The van der Waals surface area contributed by atoms with E-state index in [4.69, 9.17) is 0 Å². The zero-order chi connectivity index (χ0) is 67.5. The molecule has 0 aliphatic rings. The Labute approximate surface area is 593 Å². The van der Waals surface area contributed by atoms with Gasteiger partial charge >= 0.3 is 0 Å². The van der Waals surface area contributed by atoms with Crippen LogP contribution in [0.4, 0.5) is 0 Å². The van der Waals surface area contributed by atoms with Gasteiger partial charge in [-0.15, -0.1) is 0 Å². The number of fused-ring (bicyclic) bond motifs is 12. The minimum absolute atomic E-state index is 1.21. The fourth-order valence-electron chi connectivity index (χ4n) is 16.7. The van der Waals surface area contributed by atoms with Crippen LogP contribution in [0.15, 0.2) is 400 Å². The molecule has 0 heteroatoms. The lowest BCUT2D eigenvalue weighted by Gasteiger charge is -2.23. The molecule has 0 saturated carbocycles. The van der Waals surface area contributed by atoms with E-state index in [0.29, 0.717) is 0 Å². The summed E-state index contributed by atoms with van der Waals surface area (Å²) < 4.78 is 0. The Morgan fingerprint density at radius 2 is 0.284 bits per heavy atom. The van der Waals surface area contributed by atoms with Gasteiger partial charge in [-0.1, -0.05) is 394 Å². The fraction of sp³-hybridized carbons (Fsp3) is 0. The molecule has 0 atom stereocenters. The van der Waals surface area contributed by atoms with Crippen LogP contribution in [0.3, 0.4) is 0 Å². The smallest absolute Gasteiger partial charge is 0.00139 e. The van der Waals surface area contributed by atoms with Gasteiger partial charge in [0.2, 0.25) is 0 Å². The van der Waals surface area contributed by atoms with Gasteiger partial charge in [0.15, 0.2) is 0 Å². The van der Waals surface area contributed by atoms with Gasteiger partial charge < -0.3 is 0 Å². The zero-order valence-corrected chi connectivity index (χ0v) is 56.1. The van der Waals surface area contributed by atoms with Crippen LogP contribution < -0.4 is 0 Å². The van der Waals surface area contributed by atoms with Crippen LogP contribution in [0, 0.1) is 0 Å². The zero-order valence-electron chi connectivity index (χ0n) is 56.1. The van der Waals surface area contributed by atoms with Crippen LogP contribution in [0.2, 0.25) is 0 Å². The van der Waals surface area contributed by atoms with E-state index in [1.54, 1.807) is 0 Å². The lowest BCUT2D eigenvalue weighted by Crippen LogP contribution is -1.95. The third kappa shape index (κ3) is 10.2. The van der Waals surface area contributed by atoms with Gasteiger partial charge in [0.05, 0.1) is 0 Å². The summed E-state index contributed by atoms with van der Waals surface area (Å²) in [6.07, 6.45) is 0. The molecule has 20 rings (SSSR count). The SMILES string of the molecule is c1ccc(-c2c3ccccc3c(-c3ccc(-c4ccc5c6ccccc6c6ccccc6c5c4)cc3)c3ccccc23)cc1.c1ccc(-c2ccccc2-c2ccc(-c3c4ccccc4c(-c4c5ccccc5c(-c5ccccc5-c5ccccc5)c5ccccc45)c4ccccc34)cc2)cc1. The maximum absolute atomic E-state index is 2.37. The molecule has 0 radical (unpaired) electrons. The molecule has 0 aliphatic carbocycles. The Hall–Kier alpha value is -13.3. The second-order valence-corrected chi connectivity index (χ2v) is 26.7. The highest BCUT2D eigenvalue weighted by Gasteiger charge is 2.25. The molecule has 0 nitrogen and oxygen atoms in total. The highest BCUT2D eigenvalue weighted by molar-refractivity contribution is 6.31. The Bertz CT molecular complexity index is 6420. The van der Waals surface area contributed by atoms with Crippen LogP contribution in [-0.4, -0.2) is 0 Å². The molecule has 0 aliphatic heterocycles. The number of benzene rings is 20. The van der Waals surface area contributed by atoms with Gasteiger partial charge in [0, 0.05) is 0 Å². The van der Waals surface area contributed by atoms with E-state index in [2.05, 4.69) is 400 Å². The molecule has 474 valence electrons. The topological polar surface area (TPSA) is 0 Å². The lowest BCUT2D eigenvalue weighted by molar-refractivity contribution is 1.58. The average Bonchev–Trinajstić information content (AvgIpc) is 0.714. The highest BCUT2D eigenvalue weighted by atomic mass is 14.3. The maximum atomic E-state index is 2.37. The highest BCUT2D eigenvalue weighted by Crippen LogP contribution is 2.52. The first-order valence-electron chi connectivity index (χ1n) is 35.4. The second kappa shape index (κ2) is 25.5. The molecule has 102 heavy (non-hydrogen) atoms. The molecule has 0 bridgehead atoms. The summed E-state index contributed by atoms with van der Waals surface area (Å²) in [5.74, 6) is 0. The monoisotopic (exact) mass is 1290 g/mol. The summed E-state index contributed by atoms with van der Waals surface area (Å²) in [5.41, 5.74) is 22.4. The van der Waals surface area contributed by atoms with E-state index in [1.807, 2.05) is 0 Å². The van der Waals surface area contributed by atoms with Gasteiger partial charge in [-0.2, -0.15) is 0 Å². The van der Waals surface area contributed by atoms with Gasteiger partial charge in [-0.25, -0.2) is 0 Å². The standard InChI is InChI=1S/C58H38.C44H28/c1-3-19-39(20-4-1)43-23-7-8-24-44(43)41-35-37-42(38-36-41)55-47-27-11-15-31-51(47)57(52-32-16-12-28-48(52)55)58-53-33-17-13-29-49(53)56(50-30-14-18-34-54(50)58)46-26-10-9-25-45(46)40-21-5-2-6-22-40;1-2-12-30(13-3-1)43-38-18-8-10-20-40(38)44(41-21-11-9-19-39(41)43)31-24-22-29(23-25-31)32-26-27-37-35-16-5-4-14-33(35)34-15-6-7-17-36(34)42(37)28-32/h1-38H;1-28H. The van der Waals surface area contributed by atoms with Gasteiger partial charge in [-0.05, 0) is 203 Å². The molecule has 0 unspecified atom stereocenters. The van der Waals surface area contributed by atoms with Gasteiger partial charge in [-0.3, -0.25) is 0 Å². The van der Waals surface area contributed by atoms with E-state index < -0.39 is 0 Å². The summed E-state index contributed by atoms with van der Waals surface area (Å²) in [6, 6.07) is 147. The van der Waals surface area contributed by atoms with Crippen molar-refractivity contribution in [3.05, 3.63) is 400 Å². The van der Waals surface area contributed by atoms with Crippen LogP contribution >= 0.6 is 0 Å². The predicted octanol–water partition coefficient (Wildman–Crippen LogP) is 28.8. The predicted molar refractivity (Wildman–Crippen MR) is 439 cm³/mol. The van der Waals surface area contributed by atoms with Crippen LogP contribution in [0.5, 0.6) is 0 Å². The van der Waals surface area contributed by atoms with Crippen molar-refractivity contribution in [2.24, 2.45) is 0 Å². The number of hydrogen-bond donors (Lipinski definition) is 0. The van der Waals surface area contributed by atoms with E-state index in [0.717, 1.165) is 0 Å². The van der Waals surface area contributed by atoms with Crippen molar-refractivity contribution in [1.82, 2.24) is 0 Å². The van der Waals surface area contributed by atoms with Crippen molar-refractivity contribution in [3.63, 3.8) is 0 Å². The van der Waals surface area contributed by atoms with Gasteiger partial charge in [0.1, 0.15) is 0 Å². The summed E-state index contributed by atoms with van der Waals surface area (Å²) in [6.45, 7) is 0. The molecule has 0 aromatic heterocycles. The average molecular weight is 1290 g/mol. The van der Waals surface area contributed by atoms with E-state index in [1.165, 1.54) is 197 Å². The fourth-order valence-corrected chi connectivity index (χ4v) is 16.7. The first kappa shape index (κ1) is 60.0. The van der Waals surface area contributed by atoms with Crippen LogP contribution in [0.25, 0.3) is 197 Å². The summed E-state index contributed by atoms with van der Waals surface area (Å²) >= 11 is 0. The molecule has 0 spiro atoms. The molecular weight excluding hydrogens is 1230 g/mol. The summed E-state index contributed by atoms with van der Waals surface area (Å²) in [4.78, 5) is 0. The Balaban J connectivity index is 0.000000147. The quantitative estimate of drug-likeness (QED) is 0.0998. The molecule has 20 aromatic rings.